The molecule has 0 spiro atoms. The molecular weight excluding hydrogens is 156 g/mol. The molecule has 9 heavy (non-hydrogen) atoms. The van der Waals surface area contributed by atoms with Crippen LogP contribution in [0.4, 0.5) is 0 Å². The fourth-order valence-electron chi connectivity index (χ4n) is 0.639. The highest BCUT2D eigenvalue weighted by molar-refractivity contribution is 8.11. The van der Waals surface area contributed by atoms with E-state index in [0.29, 0.717) is 6.61 Å². The molecule has 1 rings (SSSR count). The molecule has 0 aromatic carbocycles. The van der Waals surface area contributed by atoms with E-state index in [9.17, 15) is 0 Å². The highest BCUT2D eigenvalue weighted by Crippen LogP contribution is 2.28. The van der Waals surface area contributed by atoms with Crippen molar-refractivity contribution >= 4 is 24.4 Å². The lowest BCUT2D eigenvalue weighted by atomic mass is 10.7. The van der Waals surface area contributed by atoms with Crippen LogP contribution in [0.1, 0.15) is 0 Å². The number of hydrogen-bond acceptors (Lipinski definition) is 5. The number of hydrogen-bond donors (Lipinski definition) is 3. The lowest BCUT2D eigenvalue weighted by Gasteiger charge is -2.18. The SMILES string of the molecule is COCC1(S)NNCS1. The summed E-state index contributed by atoms with van der Waals surface area (Å²) in [6.07, 6.45) is 0. The van der Waals surface area contributed by atoms with Gasteiger partial charge >= 0.3 is 0 Å². The first-order valence-electron chi connectivity index (χ1n) is 2.62. The third kappa shape index (κ3) is 2.01. The third-order valence-electron chi connectivity index (χ3n) is 1.01. The zero-order chi connectivity index (χ0) is 6.74. The molecule has 54 valence electrons. The Morgan fingerprint density at radius 3 is 3.11 bits per heavy atom. The van der Waals surface area contributed by atoms with Crippen molar-refractivity contribution in [3.63, 3.8) is 0 Å². The monoisotopic (exact) mass is 166 g/mol. The van der Waals surface area contributed by atoms with E-state index < -0.39 is 0 Å². The Kier molecular flexibility index (Phi) is 2.66. The molecule has 0 aliphatic carbocycles. The van der Waals surface area contributed by atoms with E-state index >= 15 is 0 Å². The van der Waals surface area contributed by atoms with E-state index in [2.05, 4.69) is 23.5 Å². The second-order valence-electron chi connectivity index (χ2n) is 1.81. The van der Waals surface area contributed by atoms with E-state index in [-0.39, 0.29) is 4.20 Å². The molecule has 3 nitrogen and oxygen atoms in total. The Morgan fingerprint density at radius 2 is 2.67 bits per heavy atom. The van der Waals surface area contributed by atoms with Crippen LogP contribution < -0.4 is 10.9 Å². The molecule has 5 heteroatoms. The van der Waals surface area contributed by atoms with Gasteiger partial charge in [-0.3, -0.25) is 0 Å². The van der Waals surface area contributed by atoms with Gasteiger partial charge < -0.3 is 4.74 Å². The molecule has 1 aliphatic heterocycles. The quantitative estimate of drug-likeness (QED) is 0.505. The van der Waals surface area contributed by atoms with Crippen molar-refractivity contribution in [2.45, 2.75) is 4.20 Å². The van der Waals surface area contributed by atoms with Crippen LogP contribution in [0.5, 0.6) is 0 Å². The molecule has 1 heterocycles. The van der Waals surface area contributed by atoms with Gasteiger partial charge in [0, 0.05) is 7.11 Å². The van der Waals surface area contributed by atoms with Crippen LogP contribution in [0.25, 0.3) is 0 Å². The van der Waals surface area contributed by atoms with Crippen molar-refractivity contribution in [3.05, 3.63) is 0 Å². The van der Waals surface area contributed by atoms with Gasteiger partial charge in [-0.05, 0) is 0 Å². The predicted molar refractivity (Wildman–Crippen MR) is 42.3 cm³/mol. The number of methoxy groups -OCH3 is 1. The van der Waals surface area contributed by atoms with Crippen LogP contribution in [0.3, 0.4) is 0 Å². The molecule has 1 atom stereocenters. The fourth-order valence-corrected chi connectivity index (χ4v) is 1.77. The van der Waals surface area contributed by atoms with Gasteiger partial charge in [-0.15, -0.1) is 24.4 Å². The van der Waals surface area contributed by atoms with E-state index in [1.54, 1.807) is 18.9 Å². The van der Waals surface area contributed by atoms with Crippen molar-refractivity contribution < 1.29 is 4.74 Å². The standard InChI is InChI=1S/C4H10N2OS2/c1-7-2-4(8)6-5-3-9-4/h5-6,8H,2-3H2,1H3. The largest absolute Gasteiger partial charge is 0.381 e. The van der Waals surface area contributed by atoms with Crippen molar-refractivity contribution in [1.82, 2.24) is 10.9 Å². The summed E-state index contributed by atoms with van der Waals surface area (Å²) in [7, 11) is 1.67. The zero-order valence-corrected chi connectivity index (χ0v) is 6.89. The Balaban J connectivity index is 2.32. The summed E-state index contributed by atoms with van der Waals surface area (Å²) in [4.78, 5) is 0. The van der Waals surface area contributed by atoms with Gasteiger partial charge in [0.25, 0.3) is 0 Å². The summed E-state index contributed by atoms with van der Waals surface area (Å²) in [5.74, 6) is 0.882. The maximum Gasteiger partial charge on any atom is 0.146 e. The minimum Gasteiger partial charge on any atom is -0.381 e. The molecule has 0 aromatic rings. The summed E-state index contributed by atoms with van der Waals surface area (Å²) in [5, 5.41) is 0. The number of rotatable bonds is 2. The average molecular weight is 166 g/mol. The Bertz CT molecular complexity index is 94.6. The molecule has 0 amide bonds. The summed E-state index contributed by atoms with van der Waals surface area (Å²) in [5.41, 5.74) is 5.94. The van der Waals surface area contributed by atoms with Crippen molar-refractivity contribution in [2.24, 2.45) is 0 Å². The van der Waals surface area contributed by atoms with Gasteiger partial charge in [-0.1, -0.05) is 0 Å². The molecule has 0 aromatic heterocycles. The zero-order valence-electron chi connectivity index (χ0n) is 5.18. The normalized spacial score (nSPS) is 35.3. The summed E-state index contributed by atoms with van der Waals surface area (Å²) >= 11 is 6.01. The molecule has 1 aliphatic rings. The molecule has 1 unspecified atom stereocenters. The average Bonchev–Trinajstić information content (AvgIpc) is 2.16. The molecule has 0 saturated carbocycles. The molecular formula is C4H10N2OS2. The van der Waals surface area contributed by atoms with E-state index in [1.807, 2.05) is 0 Å². The minimum absolute atomic E-state index is 0.227. The summed E-state index contributed by atoms with van der Waals surface area (Å²) in [6.45, 7) is 0.605. The van der Waals surface area contributed by atoms with Crippen LogP contribution >= 0.6 is 24.4 Å². The number of thiol groups is 1. The second-order valence-corrected chi connectivity index (χ2v) is 4.15. The fraction of sp³-hybridized carbons (Fsp3) is 1.00. The van der Waals surface area contributed by atoms with Gasteiger partial charge in [0.2, 0.25) is 0 Å². The lowest BCUT2D eigenvalue weighted by Crippen LogP contribution is -2.40. The van der Waals surface area contributed by atoms with E-state index in [1.165, 1.54) is 0 Å². The van der Waals surface area contributed by atoms with Gasteiger partial charge in [-0.25, -0.2) is 10.9 Å². The Labute approximate surface area is 64.3 Å². The first-order valence-corrected chi connectivity index (χ1v) is 4.05. The molecule has 2 N–H and O–H groups in total. The van der Waals surface area contributed by atoms with Crippen LogP contribution in [0, 0.1) is 0 Å². The van der Waals surface area contributed by atoms with Gasteiger partial charge in [0.05, 0.1) is 12.5 Å². The van der Waals surface area contributed by atoms with E-state index in [0.717, 1.165) is 5.88 Å². The summed E-state index contributed by atoms with van der Waals surface area (Å²) in [6, 6.07) is 0. The number of ether oxygens (including phenoxy) is 1. The Morgan fingerprint density at radius 1 is 1.89 bits per heavy atom. The predicted octanol–water partition coefficient (Wildman–Crippen LogP) is 0.0149. The topological polar surface area (TPSA) is 33.3 Å². The minimum atomic E-state index is -0.227. The first kappa shape index (κ1) is 7.68. The van der Waals surface area contributed by atoms with Gasteiger partial charge in [0.15, 0.2) is 0 Å². The number of hydrazine groups is 1. The maximum absolute atomic E-state index is 4.93. The van der Waals surface area contributed by atoms with E-state index in [4.69, 9.17) is 4.74 Å². The van der Waals surface area contributed by atoms with Gasteiger partial charge in [-0.2, -0.15) is 0 Å². The smallest absolute Gasteiger partial charge is 0.146 e. The first-order chi connectivity index (χ1) is 4.27. The maximum atomic E-state index is 4.93. The number of nitrogens with one attached hydrogen (secondary N) is 2. The molecule has 0 radical (unpaired) electrons. The highest BCUT2D eigenvalue weighted by Gasteiger charge is 2.29. The Hall–Kier alpha value is 0.580. The molecule has 0 bridgehead atoms. The molecule has 1 saturated heterocycles. The van der Waals surface area contributed by atoms with Crippen LogP contribution in [0.2, 0.25) is 0 Å². The number of thioether (sulfide) groups is 1. The van der Waals surface area contributed by atoms with Crippen molar-refractivity contribution in [2.75, 3.05) is 19.6 Å². The second kappa shape index (κ2) is 3.12. The highest BCUT2D eigenvalue weighted by atomic mass is 32.2. The van der Waals surface area contributed by atoms with Crippen LogP contribution in [0.15, 0.2) is 0 Å². The van der Waals surface area contributed by atoms with Crippen molar-refractivity contribution in [1.29, 1.82) is 0 Å². The third-order valence-corrected chi connectivity index (χ3v) is 2.62. The van der Waals surface area contributed by atoms with Crippen molar-refractivity contribution in [3.8, 4) is 0 Å². The van der Waals surface area contributed by atoms with Crippen LogP contribution in [-0.4, -0.2) is 23.8 Å². The van der Waals surface area contributed by atoms with Gasteiger partial charge in [0.1, 0.15) is 4.20 Å². The lowest BCUT2D eigenvalue weighted by molar-refractivity contribution is 0.182. The summed E-state index contributed by atoms with van der Waals surface area (Å²) < 4.78 is 4.70. The molecule has 1 fully saturated rings. The van der Waals surface area contributed by atoms with Crippen LogP contribution in [-0.2, 0) is 4.74 Å².